The molecule has 0 aromatic rings. The molecule has 0 nitrogen and oxygen atoms in total. The molecule has 0 heterocycles. The van der Waals surface area contributed by atoms with Gasteiger partial charge >= 0.3 is 0 Å². The molecule has 0 aliphatic heterocycles. The van der Waals surface area contributed by atoms with E-state index >= 15 is 0 Å². The molecular weight excluding hydrogens is 224 g/mol. The maximum atomic E-state index is 3.76. The minimum Gasteiger partial charge on any atom is -0.0891 e. The van der Waals surface area contributed by atoms with Crippen LogP contribution >= 0.6 is 15.9 Å². The van der Waals surface area contributed by atoms with Crippen LogP contribution < -0.4 is 0 Å². The zero-order chi connectivity index (χ0) is 9.10. The largest absolute Gasteiger partial charge is 0.0891 e. The highest BCUT2D eigenvalue weighted by molar-refractivity contribution is 9.09. The van der Waals surface area contributed by atoms with E-state index in [-0.39, 0.29) is 0 Å². The number of alkyl halides is 1. The second-order valence-corrected chi connectivity index (χ2v) is 6.22. The summed E-state index contributed by atoms with van der Waals surface area (Å²) in [4.78, 5) is 0.848. The first-order valence-electron chi connectivity index (χ1n) is 6.00. The maximum absolute atomic E-state index is 3.76. The molecule has 2 aliphatic carbocycles. The van der Waals surface area contributed by atoms with Gasteiger partial charge in [0.15, 0.2) is 0 Å². The third-order valence-corrected chi connectivity index (χ3v) is 4.81. The molecule has 0 saturated heterocycles. The Morgan fingerprint density at radius 1 is 0.692 bits per heavy atom. The molecule has 2 aliphatic rings. The van der Waals surface area contributed by atoms with E-state index in [1.54, 1.807) is 0 Å². The smallest absolute Gasteiger partial charge is 0.0148 e. The van der Waals surface area contributed by atoms with Crippen LogP contribution in [0.3, 0.4) is 0 Å². The molecule has 0 radical (unpaired) electrons. The predicted octanol–water partition coefficient (Wildman–Crippen LogP) is 4.52. The molecular formula is C12H21Br. The van der Waals surface area contributed by atoms with Gasteiger partial charge in [-0.05, 0) is 31.1 Å². The average molecular weight is 245 g/mol. The van der Waals surface area contributed by atoms with Crippen molar-refractivity contribution in [2.45, 2.75) is 62.6 Å². The predicted molar refractivity (Wildman–Crippen MR) is 61.2 cm³/mol. The van der Waals surface area contributed by atoms with Crippen molar-refractivity contribution in [3.8, 4) is 0 Å². The van der Waals surface area contributed by atoms with Gasteiger partial charge in [0.25, 0.3) is 0 Å². The Kier molecular flexibility index (Phi) is 3.71. The molecule has 0 aromatic heterocycles. The summed E-state index contributed by atoms with van der Waals surface area (Å²) in [6.45, 7) is 0. The summed E-state index contributed by atoms with van der Waals surface area (Å²) >= 11 is 3.76. The molecule has 1 heteroatoms. The second-order valence-electron chi connectivity index (χ2n) is 4.92. The Morgan fingerprint density at radius 2 is 1.38 bits per heavy atom. The van der Waals surface area contributed by atoms with Crippen LogP contribution in [0.5, 0.6) is 0 Å². The van der Waals surface area contributed by atoms with Gasteiger partial charge in [0.05, 0.1) is 0 Å². The molecule has 2 fully saturated rings. The van der Waals surface area contributed by atoms with Crippen LogP contribution in [0, 0.1) is 11.8 Å². The summed E-state index contributed by atoms with van der Waals surface area (Å²) < 4.78 is 0. The first-order chi connectivity index (χ1) is 6.36. The Balaban J connectivity index is 1.84. The van der Waals surface area contributed by atoms with E-state index in [1.165, 1.54) is 57.8 Å². The zero-order valence-corrected chi connectivity index (χ0v) is 10.1. The van der Waals surface area contributed by atoms with Gasteiger partial charge in [0.1, 0.15) is 0 Å². The summed E-state index contributed by atoms with van der Waals surface area (Å²) in [5.41, 5.74) is 0. The van der Waals surface area contributed by atoms with Crippen LogP contribution in [-0.4, -0.2) is 4.83 Å². The van der Waals surface area contributed by atoms with Gasteiger partial charge in [-0.1, -0.05) is 54.5 Å². The quantitative estimate of drug-likeness (QED) is 0.470. The molecule has 0 aromatic carbocycles. The third kappa shape index (κ3) is 2.71. The van der Waals surface area contributed by atoms with Crippen LogP contribution in [-0.2, 0) is 0 Å². The zero-order valence-electron chi connectivity index (χ0n) is 8.47. The average Bonchev–Trinajstić information content (AvgIpc) is 2.43. The van der Waals surface area contributed by atoms with Crippen LogP contribution in [0.15, 0.2) is 0 Å². The van der Waals surface area contributed by atoms with E-state index in [2.05, 4.69) is 15.9 Å². The van der Waals surface area contributed by atoms with Gasteiger partial charge in [-0.2, -0.15) is 0 Å². The summed E-state index contributed by atoms with van der Waals surface area (Å²) in [7, 11) is 0. The monoisotopic (exact) mass is 244 g/mol. The van der Waals surface area contributed by atoms with E-state index in [0.717, 1.165) is 16.7 Å². The number of hydrogen-bond acceptors (Lipinski definition) is 0. The van der Waals surface area contributed by atoms with Crippen LogP contribution in [0.1, 0.15) is 57.8 Å². The standard InChI is InChI=1S/C12H21Br/c13-12-8-7-11(9-12)10-5-3-1-2-4-6-10/h10-12H,1-9H2. The van der Waals surface area contributed by atoms with Gasteiger partial charge in [-0.15, -0.1) is 0 Å². The molecule has 0 bridgehead atoms. The summed E-state index contributed by atoms with van der Waals surface area (Å²) in [6, 6.07) is 0. The summed E-state index contributed by atoms with van der Waals surface area (Å²) in [5.74, 6) is 2.16. The minimum absolute atomic E-state index is 0.848. The van der Waals surface area contributed by atoms with Crippen molar-refractivity contribution in [3.05, 3.63) is 0 Å². The van der Waals surface area contributed by atoms with Gasteiger partial charge in [0, 0.05) is 4.83 Å². The van der Waals surface area contributed by atoms with Crippen LogP contribution in [0.25, 0.3) is 0 Å². The van der Waals surface area contributed by atoms with E-state index in [4.69, 9.17) is 0 Å². The minimum atomic E-state index is 0.848. The van der Waals surface area contributed by atoms with Gasteiger partial charge < -0.3 is 0 Å². The van der Waals surface area contributed by atoms with Crippen molar-refractivity contribution in [1.29, 1.82) is 0 Å². The topological polar surface area (TPSA) is 0 Å². The molecule has 0 N–H and O–H groups in total. The Hall–Kier alpha value is 0.480. The van der Waals surface area contributed by atoms with Crippen LogP contribution in [0.4, 0.5) is 0 Å². The van der Waals surface area contributed by atoms with E-state index in [1.807, 2.05) is 0 Å². The van der Waals surface area contributed by atoms with E-state index < -0.39 is 0 Å². The molecule has 13 heavy (non-hydrogen) atoms. The highest BCUT2D eigenvalue weighted by Gasteiger charge is 2.29. The molecule has 76 valence electrons. The first kappa shape index (κ1) is 10.0. The molecule has 0 spiro atoms. The number of rotatable bonds is 1. The lowest BCUT2D eigenvalue weighted by atomic mass is 9.85. The SMILES string of the molecule is BrC1CCC(C2CCCCCC2)C1. The lowest BCUT2D eigenvalue weighted by Crippen LogP contribution is -2.11. The van der Waals surface area contributed by atoms with Crippen molar-refractivity contribution in [3.63, 3.8) is 0 Å². The highest BCUT2D eigenvalue weighted by Crippen LogP contribution is 2.40. The molecule has 2 atom stereocenters. The van der Waals surface area contributed by atoms with Gasteiger partial charge in [0.2, 0.25) is 0 Å². The Labute approximate surface area is 90.6 Å². The number of hydrogen-bond donors (Lipinski definition) is 0. The van der Waals surface area contributed by atoms with E-state index in [9.17, 15) is 0 Å². The maximum Gasteiger partial charge on any atom is 0.0148 e. The lowest BCUT2D eigenvalue weighted by molar-refractivity contribution is 0.304. The van der Waals surface area contributed by atoms with Crippen molar-refractivity contribution >= 4 is 15.9 Å². The summed E-state index contributed by atoms with van der Waals surface area (Å²) in [5, 5.41) is 0. The fourth-order valence-electron chi connectivity index (χ4n) is 3.17. The Morgan fingerprint density at radius 3 is 1.92 bits per heavy atom. The van der Waals surface area contributed by atoms with E-state index in [0.29, 0.717) is 0 Å². The fraction of sp³-hybridized carbons (Fsp3) is 1.00. The number of halogens is 1. The van der Waals surface area contributed by atoms with Gasteiger partial charge in [-0.25, -0.2) is 0 Å². The third-order valence-electron chi connectivity index (χ3n) is 3.98. The van der Waals surface area contributed by atoms with Crippen molar-refractivity contribution in [2.24, 2.45) is 11.8 Å². The normalized spacial score (nSPS) is 37.6. The summed E-state index contributed by atoms with van der Waals surface area (Å²) in [6.07, 6.45) is 13.5. The van der Waals surface area contributed by atoms with Crippen molar-refractivity contribution in [2.75, 3.05) is 0 Å². The second kappa shape index (κ2) is 4.82. The first-order valence-corrected chi connectivity index (χ1v) is 6.92. The van der Waals surface area contributed by atoms with Crippen molar-refractivity contribution < 1.29 is 0 Å². The van der Waals surface area contributed by atoms with Gasteiger partial charge in [-0.3, -0.25) is 0 Å². The van der Waals surface area contributed by atoms with Crippen molar-refractivity contribution in [1.82, 2.24) is 0 Å². The van der Waals surface area contributed by atoms with Crippen LogP contribution in [0.2, 0.25) is 0 Å². The fourth-order valence-corrected chi connectivity index (χ4v) is 3.91. The molecule has 2 unspecified atom stereocenters. The molecule has 2 saturated carbocycles. The molecule has 0 amide bonds. The Bertz CT molecular complexity index is 147. The highest BCUT2D eigenvalue weighted by atomic mass is 79.9. The molecule has 2 rings (SSSR count). The lowest BCUT2D eigenvalue weighted by Gasteiger charge is -2.21.